The van der Waals surface area contributed by atoms with Crippen molar-refractivity contribution in [3.8, 4) is 5.75 Å². The number of ether oxygens (including phenoxy) is 1. The van der Waals surface area contributed by atoms with Crippen LogP contribution in [0.5, 0.6) is 5.75 Å². The van der Waals surface area contributed by atoms with Gasteiger partial charge in [-0.05, 0) is 29.8 Å². The average molecular weight is 410 g/mol. The van der Waals surface area contributed by atoms with Crippen LogP contribution in [0, 0.1) is 11.6 Å². The second kappa shape index (κ2) is 7.95. The number of carbonyl (C=O) groups excluding carboxylic acids is 1. The van der Waals surface area contributed by atoms with Gasteiger partial charge in [0.2, 0.25) is 5.91 Å². The molecule has 0 aliphatic carbocycles. The summed E-state index contributed by atoms with van der Waals surface area (Å²) in [6.45, 7) is 1.14. The third-order valence-electron chi connectivity index (χ3n) is 4.25. The zero-order valence-electron chi connectivity index (χ0n) is 13.6. The summed E-state index contributed by atoms with van der Waals surface area (Å²) >= 11 is 3.37. The first-order valence-electron chi connectivity index (χ1n) is 8.15. The highest BCUT2D eigenvalue weighted by atomic mass is 79.9. The predicted octanol–water partition coefficient (Wildman–Crippen LogP) is 4.34. The Labute approximate surface area is 153 Å². The molecule has 1 heterocycles. The minimum absolute atomic E-state index is 0.0565. The first kappa shape index (κ1) is 17.9. The standard InChI is InChI=1S/C19H18BrF2NO2/c20-14-3-1-13(2-4-14)11-19(24)23-9-7-16(8-10-23)25-18-6-5-15(21)12-17(18)22/h1-6,12,16H,7-11H2. The Balaban J connectivity index is 1.51. The van der Waals surface area contributed by atoms with Gasteiger partial charge in [0.25, 0.3) is 0 Å². The van der Waals surface area contributed by atoms with E-state index in [9.17, 15) is 13.6 Å². The maximum absolute atomic E-state index is 13.6. The Hall–Kier alpha value is -1.95. The number of benzene rings is 2. The van der Waals surface area contributed by atoms with Gasteiger partial charge in [-0.2, -0.15) is 0 Å². The Morgan fingerprint density at radius 2 is 1.80 bits per heavy atom. The second-order valence-corrected chi connectivity index (χ2v) is 6.99. The largest absolute Gasteiger partial charge is 0.487 e. The van der Waals surface area contributed by atoms with Crippen LogP contribution in [0.3, 0.4) is 0 Å². The molecule has 1 saturated heterocycles. The molecular formula is C19H18BrF2NO2. The molecule has 1 aliphatic rings. The third kappa shape index (κ3) is 4.78. The van der Waals surface area contributed by atoms with Crippen molar-refractivity contribution in [2.45, 2.75) is 25.4 Å². The van der Waals surface area contributed by atoms with Gasteiger partial charge < -0.3 is 9.64 Å². The molecule has 1 aliphatic heterocycles. The Morgan fingerprint density at radius 3 is 2.44 bits per heavy atom. The fourth-order valence-electron chi connectivity index (χ4n) is 2.86. The molecule has 2 aromatic carbocycles. The highest BCUT2D eigenvalue weighted by Gasteiger charge is 2.24. The van der Waals surface area contributed by atoms with E-state index in [4.69, 9.17) is 4.74 Å². The third-order valence-corrected chi connectivity index (χ3v) is 4.78. The summed E-state index contributed by atoms with van der Waals surface area (Å²) in [7, 11) is 0. The van der Waals surface area contributed by atoms with E-state index in [2.05, 4.69) is 15.9 Å². The fourth-order valence-corrected chi connectivity index (χ4v) is 3.13. The number of halogens is 3. The molecule has 25 heavy (non-hydrogen) atoms. The lowest BCUT2D eigenvalue weighted by Crippen LogP contribution is -2.42. The van der Waals surface area contributed by atoms with Gasteiger partial charge in [-0.3, -0.25) is 4.79 Å². The van der Waals surface area contributed by atoms with Gasteiger partial charge in [-0.15, -0.1) is 0 Å². The number of hydrogen-bond acceptors (Lipinski definition) is 2. The van der Waals surface area contributed by atoms with Crippen molar-refractivity contribution in [3.05, 3.63) is 64.1 Å². The average Bonchev–Trinajstić information content (AvgIpc) is 2.60. The van der Waals surface area contributed by atoms with Gasteiger partial charge in [0.15, 0.2) is 11.6 Å². The van der Waals surface area contributed by atoms with E-state index < -0.39 is 11.6 Å². The Morgan fingerprint density at radius 1 is 1.12 bits per heavy atom. The molecule has 0 radical (unpaired) electrons. The van der Waals surface area contributed by atoms with E-state index in [1.165, 1.54) is 12.1 Å². The van der Waals surface area contributed by atoms with Crippen molar-refractivity contribution < 1.29 is 18.3 Å². The van der Waals surface area contributed by atoms with E-state index in [1.54, 1.807) is 0 Å². The number of hydrogen-bond donors (Lipinski definition) is 0. The van der Waals surface area contributed by atoms with Crippen LogP contribution in [0.4, 0.5) is 8.78 Å². The highest BCUT2D eigenvalue weighted by molar-refractivity contribution is 9.10. The van der Waals surface area contributed by atoms with E-state index >= 15 is 0 Å². The molecule has 0 spiro atoms. The van der Waals surface area contributed by atoms with Crippen LogP contribution in [0.15, 0.2) is 46.9 Å². The summed E-state index contributed by atoms with van der Waals surface area (Å²) in [5, 5.41) is 0. The molecule has 132 valence electrons. The maximum atomic E-state index is 13.6. The van der Waals surface area contributed by atoms with Crippen LogP contribution in [0.1, 0.15) is 18.4 Å². The lowest BCUT2D eigenvalue weighted by molar-refractivity contribution is -0.132. The summed E-state index contributed by atoms with van der Waals surface area (Å²) in [6.07, 6.45) is 1.45. The van der Waals surface area contributed by atoms with Crippen molar-refractivity contribution in [1.82, 2.24) is 4.90 Å². The highest BCUT2D eigenvalue weighted by Crippen LogP contribution is 2.23. The number of likely N-dealkylation sites (tertiary alicyclic amines) is 1. The molecule has 0 atom stereocenters. The molecule has 0 bridgehead atoms. The number of rotatable bonds is 4. The van der Waals surface area contributed by atoms with Crippen LogP contribution >= 0.6 is 15.9 Å². The lowest BCUT2D eigenvalue weighted by Gasteiger charge is -2.32. The number of nitrogens with zero attached hydrogens (tertiary/aromatic N) is 1. The molecular weight excluding hydrogens is 392 g/mol. The fraction of sp³-hybridized carbons (Fsp3) is 0.316. The summed E-state index contributed by atoms with van der Waals surface area (Å²) in [6, 6.07) is 11.0. The van der Waals surface area contributed by atoms with E-state index in [1.807, 2.05) is 29.2 Å². The second-order valence-electron chi connectivity index (χ2n) is 6.08. The number of piperidine rings is 1. The molecule has 6 heteroatoms. The van der Waals surface area contributed by atoms with Crippen LogP contribution < -0.4 is 4.74 Å². The number of amides is 1. The van der Waals surface area contributed by atoms with Gasteiger partial charge in [0, 0.05) is 36.5 Å². The van der Waals surface area contributed by atoms with Crippen molar-refractivity contribution in [2.75, 3.05) is 13.1 Å². The van der Waals surface area contributed by atoms with Crippen molar-refractivity contribution in [2.24, 2.45) is 0 Å². The molecule has 0 N–H and O–H groups in total. The van der Waals surface area contributed by atoms with Crippen molar-refractivity contribution >= 4 is 21.8 Å². The zero-order valence-corrected chi connectivity index (χ0v) is 15.1. The minimum Gasteiger partial charge on any atom is -0.487 e. The Bertz CT molecular complexity index is 744. The lowest BCUT2D eigenvalue weighted by atomic mass is 10.1. The Kier molecular flexibility index (Phi) is 5.68. The molecule has 0 aromatic heterocycles. The van der Waals surface area contributed by atoms with Crippen LogP contribution in [-0.4, -0.2) is 30.0 Å². The predicted molar refractivity (Wildman–Crippen MR) is 94.4 cm³/mol. The molecule has 0 unspecified atom stereocenters. The molecule has 1 amide bonds. The summed E-state index contributed by atoms with van der Waals surface area (Å²) in [4.78, 5) is 14.2. The SMILES string of the molecule is O=C(Cc1ccc(Br)cc1)N1CCC(Oc2ccc(F)cc2F)CC1. The first-order valence-corrected chi connectivity index (χ1v) is 8.94. The van der Waals surface area contributed by atoms with Gasteiger partial charge in [0.1, 0.15) is 11.9 Å². The molecule has 3 nitrogen and oxygen atoms in total. The summed E-state index contributed by atoms with van der Waals surface area (Å²) < 4.78 is 33.2. The first-order chi connectivity index (χ1) is 12.0. The van der Waals surface area contributed by atoms with Crippen LogP contribution in [-0.2, 0) is 11.2 Å². The van der Waals surface area contributed by atoms with Crippen LogP contribution in [0.2, 0.25) is 0 Å². The molecule has 3 rings (SSSR count). The van der Waals surface area contributed by atoms with Crippen LogP contribution in [0.25, 0.3) is 0 Å². The number of carbonyl (C=O) groups is 1. The molecule has 1 fully saturated rings. The smallest absolute Gasteiger partial charge is 0.226 e. The minimum atomic E-state index is -0.700. The van der Waals surface area contributed by atoms with E-state index in [0.29, 0.717) is 32.4 Å². The van der Waals surface area contributed by atoms with Gasteiger partial charge >= 0.3 is 0 Å². The normalized spacial score (nSPS) is 15.2. The quantitative estimate of drug-likeness (QED) is 0.751. The molecule has 2 aromatic rings. The summed E-state index contributed by atoms with van der Waals surface area (Å²) in [5.41, 5.74) is 0.972. The zero-order chi connectivity index (χ0) is 17.8. The van der Waals surface area contributed by atoms with Crippen molar-refractivity contribution in [1.29, 1.82) is 0 Å². The van der Waals surface area contributed by atoms with Gasteiger partial charge in [-0.25, -0.2) is 8.78 Å². The monoisotopic (exact) mass is 409 g/mol. The molecule has 0 saturated carbocycles. The van der Waals surface area contributed by atoms with Gasteiger partial charge in [0.05, 0.1) is 6.42 Å². The topological polar surface area (TPSA) is 29.5 Å². The van der Waals surface area contributed by atoms with Gasteiger partial charge in [-0.1, -0.05) is 28.1 Å². The maximum Gasteiger partial charge on any atom is 0.226 e. The van der Waals surface area contributed by atoms with E-state index in [-0.39, 0.29) is 17.8 Å². The van der Waals surface area contributed by atoms with Crippen molar-refractivity contribution in [3.63, 3.8) is 0 Å². The van der Waals surface area contributed by atoms with E-state index in [0.717, 1.165) is 16.1 Å². The summed E-state index contributed by atoms with van der Waals surface area (Å²) in [5.74, 6) is -1.19.